The Labute approximate surface area is 245 Å². The smallest absolute Gasteiger partial charge is 0.251 e. The molecule has 0 spiro atoms. The van der Waals surface area contributed by atoms with Gasteiger partial charge in [-0.05, 0) is 39.2 Å². The Morgan fingerprint density at radius 1 is 1.10 bits per heavy atom. The van der Waals surface area contributed by atoms with E-state index in [0.717, 1.165) is 0 Å². The van der Waals surface area contributed by atoms with Gasteiger partial charge in [-0.1, -0.05) is 6.92 Å². The molecule has 0 aromatic rings. The zero-order valence-corrected chi connectivity index (χ0v) is 24.3. The molecular weight excluding hydrogens is 558 g/mol. The van der Waals surface area contributed by atoms with Crippen molar-refractivity contribution in [3.63, 3.8) is 0 Å². The van der Waals surface area contributed by atoms with E-state index in [1.54, 1.807) is 6.92 Å². The van der Waals surface area contributed by atoms with E-state index >= 15 is 0 Å². The second kappa shape index (κ2) is 15.8. The van der Waals surface area contributed by atoms with E-state index in [1.807, 2.05) is 0 Å². The predicted octanol–water partition coefficient (Wildman–Crippen LogP) is -5.08. The van der Waals surface area contributed by atoms with Crippen LogP contribution < -0.4 is 27.8 Å². The summed E-state index contributed by atoms with van der Waals surface area (Å²) in [5.41, 5.74) is 16.8. The van der Waals surface area contributed by atoms with Crippen molar-refractivity contribution in [1.29, 1.82) is 0 Å². The Morgan fingerprint density at radius 2 is 1.79 bits per heavy atom. The minimum atomic E-state index is -1.80. The highest BCUT2D eigenvalue weighted by Crippen LogP contribution is 2.34. The fraction of sp³-hybridized carbons (Fsp3) is 0.962. The molecular formula is C26H51N5O11. The van der Waals surface area contributed by atoms with Gasteiger partial charge in [0.15, 0.2) is 18.7 Å². The number of aliphatic hydroxyl groups is 6. The van der Waals surface area contributed by atoms with Crippen LogP contribution in [0.2, 0.25) is 0 Å². The number of nitrogens with one attached hydrogen (secondary N) is 2. The maximum absolute atomic E-state index is 12.8. The van der Waals surface area contributed by atoms with Gasteiger partial charge in [0, 0.05) is 25.0 Å². The Balaban J connectivity index is 1.78. The van der Waals surface area contributed by atoms with Crippen LogP contribution in [-0.4, -0.2) is 148 Å². The fourth-order valence-electron chi connectivity index (χ4n) is 5.52. The van der Waals surface area contributed by atoms with E-state index in [-0.39, 0.29) is 38.7 Å². The second-order valence-corrected chi connectivity index (χ2v) is 11.9. The topological polar surface area (TPSA) is 277 Å². The van der Waals surface area contributed by atoms with Gasteiger partial charge in [0.1, 0.15) is 24.4 Å². The summed E-state index contributed by atoms with van der Waals surface area (Å²) in [6.45, 7) is 3.88. The summed E-state index contributed by atoms with van der Waals surface area (Å²) in [7, 11) is 0. The van der Waals surface area contributed by atoms with Gasteiger partial charge in [0.25, 0.3) is 5.91 Å². The standard InChI is InChI=1S/C26H51N5O11/c1-12-18(34)25(39-11-26(12,2)38)42-22-16(31-23(37)19(35)17(33)5-6-27)9-15(29)21(20(22)36)41-24-14(28)4-3-13(40-24)10-30-7-8-32/h12-22,24-25,30,32-36,38H,3-11,27-29H2,1-2H3,(H,31,37)/t12-,13+,14?,15+,16-,17+,18?,19+,20?,21?,22?,24-,25-,26?/m1/s1. The molecule has 2 heterocycles. The lowest BCUT2D eigenvalue weighted by Crippen LogP contribution is -2.68. The van der Waals surface area contributed by atoms with E-state index in [2.05, 4.69) is 10.6 Å². The molecule has 0 radical (unpaired) electrons. The third kappa shape index (κ3) is 8.76. The SMILES string of the molecule is C[C@@H]1C(O)[C@@H](OC2C(O)C(O[C@H]3O[C@H](CNCCO)CCC3N)[C@@H](N)C[C@H]2NC(=O)[C@@H](O)[C@@H](O)CCN)OCC1(C)O. The minimum absolute atomic E-state index is 0.0113. The average Bonchev–Trinajstić information content (AvgIpc) is 2.94. The molecule has 16 heteroatoms. The van der Waals surface area contributed by atoms with E-state index in [4.69, 9.17) is 41.3 Å². The summed E-state index contributed by atoms with van der Waals surface area (Å²) < 4.78 is 23.8. The first-order valence-electron chi connectivity index (χ1n) is 14.7. The molecule has 1 amide bonds. The number of amides is 1. The van der Waals surface area contributed by atoms with Crippen molar-refractivity contribution in [1.82, 2.24) is 10.6 Å². The summed E-state index contributed by atoms with van der Waals surface area (Å²) >= 11 is 0. The maximum Gasteiger partial charge on any atom is 0.251 e. The van der Waals surface area contributed by atoms with Gasteiger partial charge < -0.3 is 77.4 Å². The van der Waals surface area contributed by atoms with Gasteiger partial charge in [0.05, 0.1) is 43.1 Å². The lowest BCUT2D eigenvalue weighted by atomic mass is 9.82. The largest absolute Gasteiger partial charge is 0.395 e. The molecule has 14 atom stereocenters. The molecule has 2 aliphatic heterocycles. The molecule has 1 aliphatic carbocycles. The lowest BCUT2D eigenvalue weighted by Gasteiger charge is -2.48. The zero-order valence-electron chi connectivity index (χ0n) is 24.3. The number of hydrogen-bond donors (Lipinski definition) is 11. The summed E-state index contributed by atoms with van der Waals surface area (Å²) in [6.07, 6.45) is -9.52. The van der Waals surface area contributed by atoms with E-state index in [9.17, 15) is 30.3 Å². The third-order valence-corrected chi connectivity index (χ3v) is 8.49. The summed E-state index contributed by atoms with van der Waals surface area (Å²) in [4.78, 5) is 12.8. The quantitative estimate of drug-likeness (QED) is 0.0871. The highest BCUT2D eigenvalue weighted by atomic mass is 16.7. The number of rotatable bonds is 13. The molecule has 16 nitrogen and oxygen atoms in total. The van der Waals surface area contributed by atoms with Crippen molar-refractivity contribution in [3.8, 4) is 0 Å². The molecule has 3 rings (SSSR count). The molecule has 0 aromatic heterocycles. The molecule has 0 bridgehead atoms. The van der Waals surface area contributed by atoms with Crippen molar-refractivity contribution >= 4 is 5.91 Å². The number of ether oxygens (including phenoxy) is 4. The van der Waals surface area contributed by atoms with Crippen LogP contribution in [0, 0.1) is 5.92 Å². The second-order valence-electron chi connectivity index (χ2n) is 11.9. The molecule has 1 saturated carbocycles. The van der Waals surface area contributed by atoms with E-state index < -0.39 is 84.8 Å². The summed E-state index contributed by atoms with van der Waals surface area (Å²) in [6, 6.07) is -2.36. The highest BCUT2D eigenvalue weighted by molar-refractivity contribution is 5.81. The van der Waals surface area contributed by atoms with Gasteiger partial charge in [-0.2, -0.15) is 0 Å². The highest BCUT2D eigenvalue weighted by Gasteiger charge is 2.51. The van der Waals surface area contributed by atoms with Crippen LogP contribution in [0.15, 0.2) is 0 Å². The molecule has 14 N–H and O–H groups in total. The van der Waals surface area contributed by atoms with Crippen molar-refractivity contribution < 1.29 is 54.4 Å². The molecule has 42 heavy (non-hydrogen) atoms. The number of carbonyl (C=O) groups excluding carboxylic acids is 1. The first-order valence-corrected chi connectivity index (χ1v) is 14.7. The van der Waals surface area contributed by atoms with Crippen LogP contribution in [0.1, 0.15) is 39.5 Å². The monoisotopic (exact) mass is 609 g/mol. The van der Waals surface area contributed by atoms with Crippen LogP contribution in [0.4, 0.5) is 0 Å². The van der Waals surface area contributed by atoms with Crippen LogP contribution in [-0.2, 0) is 23.7 Å². The van der Waals surface area contributed by atoms with Gasteiger partial charge >= 0.3 is 0 Å². The van der Waals surface area contributed by atoms with E-state index in [1.165, 1.54) is 6.92 Å². The summed E-state index contributed by atoms with van der Waals surface area (Å²) in [5.74, 6) is -1.58. The molecule has 6 unspecified atom stereocenters. The Hall–Kier alpha value is -1.09. The predicted molar refractivity (Wildman–Crippen MR) is 147 cm³/mol. The van der Waals surface area contributed by atoms with Gasteiger partial charge in [-0.3, -0.25) is 4.79 Å². The number of aliphatic hydroxyl groups excluding tert-OH is 5. The summed E-state index contributed by atoms with van der Waals surface area (Å²) in [5, 5.41) is 67.9. The Morgan fingerprint density at radius 3 is 2.45 bits per heavy atom. The van der Waals surface area contributed by atoms with Crippen molar-refractivity contribution in [2.75, 3.05) is 32.8 Å². The van der Waals surface area contributed by atoms with E-state index in [0.29, 0.717) is 25.9 Å². The van der Waals surface area contributed by atoms with Crippen LogP contribution >= 0.6 is 0 Å². The average molecular weight is 610 g/mol. The van der Waals surface area contributed by atoms with Crippen LogP contribution in [0.5, 0.6) is 0 Å². The fourth-order valence-corrected chi connectivity index (χ4v) is 5.52. The van der Waals surface area contributed by atoms with Crippen LogP contribution in [0.25, 0.3) is 0 Å². The Kier molecular flexibility index (Phi) is 13.3. The van der Waals surface area contributed by atoms with Crippen molar-refractivity contribution in [2.45, 2.75) is 119 Å². The molecule has 3 aliphatic rings. The lowest BCUT2D eigenvalue weighted by molar-refractivity contribution is -0.314. The molecule has 246 valence electrons. The van der Waals surface area contributed by atoms with Crippen molar-refractivity contribution in [3.05, 3.63) is 0 Å². The third-order valence-electron chi connectivity index (χ3n) is 8.49. The number of hydrogen-bond acceptors (Lipinski definition) is 15. The van der Waals surface area contributed by atoms with Gasteiger partial charge in [-0.15, -0.1) is 0 Å². The minimum Gasteiger partial charge on any atom is -0.395 e. The molecule has 2 saturated heterocycles. The number of nitrogens with two attached hydrogens (primary N) is 3. The molecule has 3 fully saturated rings. The maximum atomic E-state index is 12.8. The van der Waals surface area contributed by atoms with Crippen molar-refractivity contribution in [2.24, 2.45) is 23.1 Å². The number of carbonyl (C=O) groups is 1. The zero-order chi connectivity index (χ0) is 31.2. The van der Waals surface area contributed by atoms with Crippen LogP contribution in [0.3, 0.4) is 0 Å². The van der Waals surface area contributed by atoms with Gasteiger partial charge in [0.2, 0.25) is 0 Å². The first-order chi connectivity index (χ1) is 19.8. The van der Waals surface area contributed by atoms with Gasteiger partial charge in [-0.25, -0.2) is 0 Å². The molecule has 0 aromatic carbocycles. The Bertz CT molecular complexity index is 844. The normalized spacial score (nSPS) is 42.6. The first kappa shape index (κ1) is 35.4.